The summed E-state index contributed by atoms with van der Waals surface area (Å²) in [6.45, 7) is 6.84. The summed E-state index contributed by atoms with van der Waals surface area (Å²) >= 11 is 0. The molecule has 1 fully saturated rings. The number of hydrogen-bond acceptors (Lipinski definition) is 3. The van der Waals surface area contributed by atoms with Gasteiger partial charge in [0.1, 0.15) is 0 Å². The third-order valence-corrected chi connectivity index (χ3v) is 4.43. The van der Waals surface area contributed by atoms with Crippen molar-refractivity contribution in [3.8, 4) is 0 Å². The quantitative estimate of drug-likeness (QED) is 0.841. The van der Waals surface area contributed by atoms with E-state index in [1.165, 1.54) is 0 Å². The Hall–Kier alpha value is -1.59. The van der Waals surface area contributed by atoms with Gasteiger partial charge in [0, 0.05) is 19.1 Å². The second-order valence-electron chi connectivity index (χ2n) is 6.80. The number of nitrogens with zero attached hydrogens (tertiary/aromatic N) is 1. The first-order valence-electron chi connectivity index (χ1n) is 8.90. The van der Waals surface area contributed by atoms with E-state index in [2.05, 4.69) is 5.32 Å². The van der Waals surface area contributed by atoms with Gasteiger partial charge in [-0.05, 0) is 38.7 Å². The Kier molecular flexibility index (Phi) is 7.06. The molecule has 134 valence electrons. The molecule has 3 unspecified atom stereocenters. The Morgan fingerprint density at radius 3 is 2.50 bits per heavy atom. The summed E-state index contributed by atoms with van der Waals surface area (Å²) in [5, 5.41) is 13.1. The van der Waals surface area contributed by atoms with E-state index in [0.29, 0.717) is 19.5 Å². The summed E-state index contributed by atoms with van der Waals surface area (Å²) in [6, 6.07) is 9.88. The van der Waals surface area contributed by atoms with Gasteiger partial charge in [-0.15, -0.1) is 0 Å². The Balaban J connectivity index is 2.00. The molecule has 0 aliphatic carbocycles. The molecule has 2 rings (SSSR count). The van der Waals surface area contributed by atoms with Crippen LogP contribution in [0.4, 0.5) is 4.79 Å². The Morgan fingerprint density at radius 1 is 1.29 bits per heavy atom. The van der Waals surface area contributed by atoms with Gasteiger partial charge in [0.05, 0.1) is 18.3 Å². The largest absolute Gasteiger partial charge is 0.391 e. The van der Waals surface area contributed by atoms with Crippen molar-refractivity contribution >= 4 is 6.03 Å². The minimum absolute atomic E-state index is 0.113. The predicted octanol–water partition coefficient (Wildman–Crippen LogP) is 2.93. The molecule has 3 atom stereocenters. The smallest absolute Gasteiger partial charge is 0.318 e. The number of urea groups is 1. The van der Waals surface area contributed by atoms with Crippen molar-refractivity contribution in [3.63, 3.8) is 0 Å². The molecule has 24 heavy (non-hydrogen) atoms. The predicted molar refractivity (Wildman–Crippen MR) is 94.7 cm³/mol. The van der Waals surface area contributed by atoms with Crippen LogP contribution in [0.15, 0.2) is 30.3 Å². The van der Waals surface area contributed by atoms with Crippen LogP contribution < -0.4 is 5.32 Å². The maximum Gasteiger partial charge on any atom is 0.318 e. The van der Waals surface area contributed by atoms with E-state index in [1.807, 2.05) is 51.1 Å². The SMILES string of the molecule is CCC(O)CN(Cc1ccccc1)C(=O)NC1CC(C)OC(C)C1. The number of carbonyl (C=O) groups is 1. The Bertz CT molecular complexity index is 499. The second kappa shape index (κ2) is 9.04. The summed E-state index contributed by atoms with van der Waals surface area (Å²) in [7, 11) is 0. The molecule has 0 bridgehead atoms. The maximum absolute atomic E-state index is 12.7. The third-order valence-electron chi connectivity index (χ3n) is 4.43. The molecular weight excluding hydrogens is 304 g/mol. The van der Waals surface area contributed by atoms with Crippen molar-refractivity contribution in [3.05, 3.63) is 35.9 Å². The van der Waals surface area contributed by atoms with Crippen LogP contribution in [0.2, 0.25) is 0 Å². The van der Waals surface area contributed by atoms with Gasteiger partial charge in [-0.3, -0.25) is 0 Å². The summed E-state index contributed by atoms with van der Waals surface area (Å²) < 4.78 is 5.73. The molecule has 0 saturated carbocycles. The van der Waals surface area contributed by atoms with Gasteiger partial charge in [-0.2, -0.15) is 0 Å². The molecule has 0 aromatic heterocycles. The van der Waals surface area contributed by atoms with Crippen LogP contribution in [0.5, 0.6) is 0 Å². The van der Waals surface area contributed by atoms with Crippen LogP contribution >= 0.6 is 0 Å². The van der Waals surface area contributed by atoms with Crippen molar-refractivity contribution in [2.45, 2.75) is 70.9 Å². The first-order valence-corrected chi connectivity index (χ1v) is 8.90. The lowest BCUT2D eigenvalue weighted by atomic mass is 10.00. The lowest BCUT2D eigenvalue weighted by Crippen LogP contribution is -2.50. The standard InChI is InChI=1S/C19H30N2O3/c1-4-18(22)13-21(12-16-8-6-5-7-9-16)19(23)20-17-10-14(2)24-15(3)11-17/h5-9,14-15,17-18,22H,4,10-13H2,1-3H3,(H,20,23). The van der Waals surface area contributed by atoms with Gasteiger partial charge in [0.25, 0.3) is 0 Å². The molecule has 1 aliphatic heterocycles. The van der Waals surface area contributed by atoms with E-state index in [9.17, 15) is 9.90 Å². The number of carbonyl (C=O) groups excluding carboxylic acids is 1. The first kappa shape index (κ1) is 18.7. The molecule has 5 heteroatoms. The van der Waals surface area contributed by atoms with E-state index >= 15 is 0 Å². The molecule has 0 radical (unpaired) electrons. The molecular formula is C19H30N2O3. The number of hydrogen-bond donors (Lipinski definition) is 2. The summed E-state index contributed by atoms with van der Waals surface area (Å²) in [6.07, 6.45) is 2.08. The summed E-state index contributed by atoms with van der Waals surface area (Å²) in [4.78, 5) is 14.4. The zero-order chi connectivity index (χ0) is 17.5. The Morgan fingerprint density at radius 2 is 1.92 bits per heavy atom. The van der Waals surface area contributed by atoms with Crippen LogP contribution in [-0.4, -0.2) is 46.9 Å². The highest BCUT2D eigenvalue weighted by Crippen LogP contribution is 2.19. The summed E-state index contributed by atoms with van der Waals surface area (Å²) in [5.74, 6) is 0. The third kappa shape index (κ3) is 5.80. The fourth-order valence-electron chi connectivity index (χ4n) is 3.20. The molecule has 1 aliphatic rings. The molecule has 5 nitrogen and oxygen atoms in total. The number of benzene rings is 1. The summed E-state index contributed by atoms with van der Waals surface area (Å²) in [5.41, 5.74) is 1.06. The van der Waals surface area contributed by atoms with Gasteiger partial charge in [-0.25, -0.2) is 4.79 Å². The van der Waals surface area contributed by atoms with Crippen molar-refractivity contribution in [2.24, 2.45) is 0 Å². The number of aliphatic hydroxyl groups excluding tert-OH is 1. The molecule has 1 heterocycles. The second-order valence-corrected chi connectivity index (χ2v) is 6.80. The van der Waals surface area contributed by atoms with Crippen LogP contribution in [0.3, 0.4) is 0 Å². The molecule has 1 saturated heterocycles. The minimum atomic E-state index is -0.507. The van der Waals surface area contributed by atoms with E-state index in [-0.39, 0.29) is 24.3 Å². The first-order chi connectivity index (χ1) is 11.5. The minimum Gasteiger partial charge on any atom is -0.391 e. The average Bonchev–Trinajstić information content (AvgIpc) is 2.54. The molecule has 0 spiro atoms. The number of aliphatic hydroxyl groups is 1. The van der Waals surface area contributed by atoms with Gasteiger partial charge in [0.15, 0.2) is 0 Å². The highest BCUT2D eigenvalue weighted by atomic mass is 16.5. The maximum atomic E-state index is 12.7. The topological polar surface area (TPSA) is 61.8 Å². The lowest BCUT2D eigenvalue weighted by molar-refractivity contribution is -0.0409. The van der Waals surface area contributed by atoms with E-state index in [0.717, 1.165) is 18.4 Å². The van der Waals surface area contributed by atoms with Crippen LogP contribution in [-0.2, 0) is 11.3 Å². The zero-order valence-electron chi connectivity index (χ0n) is 14.9. The van der Waals surface area contributed by atoms with Crippen LogP contribution in [0, 0.1) is 0 Å². The monoisotopic (exact) mass is 334 g/mol. The molecule has 1 aromatic carbocycles. The molecule has 1 aromatic rings. The fourth-order valence-corrected chi connectivity index (χ4v) is 3.20. The molecule has 2 N–H and O–H groups in total. The van der Waals surface area contributed by atoms with Crippen LogP contribution in [0.25, 0.3) is 0 Å². The van der Waals surface area contributed by atoms with Crippen molar-refractivity contribution < 1.29 is 14.6 Å². The zero-order valence-corrected chi connectivity index (χ0v) is 14.9. The number of rotatable bonds is 6. The fraction of sp³-hybridized carbons (Fsp3) is 0.632. The molecule has 2 amide bonds. The lowest BCUT2D eigenvalue weighted by Gasteiger charge is -2.34. The van der Waals surface area contributed by atoms with E-state index in [4.69, 9.17) is 4.74 Å². The van der Waals surface area contributed by atoms with Gasteiger partial charge in [-0.1, -0.05) is 37.3 Å². The highest BCUT2D eigenvalue weighted by molar-refractivity contribution is 5.74. The van der Waals surface area contributed by atoms with Crippen molar-refractivity contribution in [1.82, 2.24) is 10.2 Å². The number of ether oxygens (including phenoxy) is 1. The van der Waals surface area contributed by atoms with Crippen molar-refractivity contribution in [1.29, 1.82) is 0 Å². The highest BCUT2D eigenvalue weighted by Gasteiger charge is 2.27. The van der Waals surface area contributed by atoms with E-state index < -0.39 is 6.10 Å². The Labute approximate surface area is 145 Å². The normalized spacial score (nSPS) is 25.1. The van der Waals surface area contributed by atoms with Crippen LogP contribution in [0.1, 0.15) is 45.6 Å². The van der Waals surface area contributed by atoms with Crippen molar-refractivity contribution in [2.75, 3.05) is 6.54 Å². The number of amides is 2. The average molecular weight is 334 g/mol. The van der Waals surface area contributed by atoms with Gasteiger partial charge >= 0.3 is 6.03 Å². The van der Waals surface area contributed by atoms with Gasteiger partial charge in [0.2, 0.25) is 0 Å². The van der Waals surface area contributed by atoms with E-state index in [1.54, 1.807) is 4.90 Å². The van der Waals surface area contributed by atoms with Gasteiger partial charge < -0.3 is 20.1 Å². The number of nitrogens with one attached hydrogen (secondary N) is 1.